The van der Waals surface area contributed by atoms with Crippen LogP contribution in [0.1, 0.15) is 38.7 Å². The fourth-order valence-electron chi connectivity index (χ4n) is 2.52. The maximum atomic E-state index is 13.6. The van der Waals surface area contributed by atoms with Crippen molar-refractivity contribution in [3.63, 3.8) is 0 Å². The number of aliphatic imine (C=N–C) groups is 1. The average molecular weight is 370 g/mol. The molecule has 1 atom stereocenters. The Hall–Kier alpha value is -1.27. The van der Waals surface area contributed by atoms with Gasteiger partial charge in [0.2, 0.25) is 0 Å². The first-order chi connectivity index (χ1) is 12.2. The molecule has 0 aromatic heterocycles. The van der Waals surface area contributed by atoms with Gasteiger partial charge < -0.3 is 15.7 Å². The third-order valence-electron chi connectivity index (χ3n) is 3.84. The molecule has 1 aromatic rings. The maximum Gasteiger partial charge on any atom is 0.191 e. The average Bonchev–Trinajstić information content (AvgIpc) is 2.61. The van der Waals surface area contributed by atoms with Crippen molar-refractivity contribution >= 4 is 17.7 Å². The highest BCUT2D eigenvalue weighted by molar-refractivity contribution is 7.98. The molecule has 0 saturated heterocycles. The van der Waals surface area contributed by atoms with Crippen LogP contribution in [0.3, 0.4) is 0 Å². The first kappa shape index (κ1) is 21.8. The summed E-state index contributed by atoms with van der Waals surface area (Å²) in [5.41, 5.74) is 0.750. The third kappa shape index (κ3) is 9.70. The fraction of sp³-hybridized carbons (Fsp3) is 0.632. The fourth-order valence-corrected chi connectivity index (χ4v) is 3.36. The molecule has 1 rings (SSSR count). The number of aliphatic hydroxyl groups is 1. The van der Waals surface area contributed by atoms with Gasteiger partial charge in [-0.3, -0.25) is 4.99 Å². The van der Waals surface area contributed by atoms with Crippen LogP contribution in [0.2, 0.25) is 0 Å². The highest BCUT2D eigenvalue weighted by Gasteiger charge is 2.07. The molecule has 6 heteroatoms. The highest BCUT2D eigenvalue weighted by atomic mass is 32.2. The summed E-state index contributed by atoms with van der Waals surface area (Å²) >= 11 is 1.70. The highest BCUT2D eigenvalue weighted by Crippen LogP contribution is 2.14. The number of rotatable bonds is 12. The van der Waals surface area contributed by atoms with Gasteiger partial charge in [-0.15, -0.1) is 0 Å². The lowest BCUT2D eigenvalue weighted by atomic mass is 10.0. The Morgan fingerprint density at radius 3 is 2.72 bits per heavy atom. The lowest BCUT2D eigenvalue weighted by molar-refractivity contribution is 0.253. The molecule has 0 spiro atoms. The Labute approximate surface area is 155 Å². The summed E-state index contributed by atoms with van der Waals surface area (Å²) in [5.74, 6) is 2.67. The Balaban J connectivity index is 2.34. The van der Waals surface area contributed by atoms with Gasteiger partial charge in [0.15, 0.2) is 5.96 Å². The number of halogens is 1. The molecule has 0 aliphatic heterocycles. The zero-order valence-corrected chi connectivity index (χ0v) is 16.2. The van der Waals surface area contributed by atoms with Crippen LogP contribution < -0.4 is 10.6 Å². The molecule has 1 unspecified atom stereocenters. The van der Waals surface area contributed by atoms with E-state index in [1.165, 1.54) is 6.07 Å². The second kappa shape index (κ2) is 14.0. The summed E-state index contributed by atoms with van der Waals surface area (Å²) < 4.78 is 13.6. The van der Waals surface area contributed by atoms with E-state index in [2.05, 4.69) is 22.5 Å². The summed E-state index contributed by atoms with van der Waals surface area (Å²) in [5, 5.41) is 15.7. The van der Waals surface area contributed by atoms with E-state index in [-0.39, 0.29) is 12.4 Å². The molecule has 0 amide bonds. The molecule has 142 valence electrons. The smallest absolute Gasteiger partial charge is 0.191 e. The lowest BCUT2D eigenvalue weighted by Crippen LogP contribution is -2.38. The SMILES string of the molecule is CCCC(CCO)CN=C(NCC)NCCSCc1ccccc1F. The van der Waals surface area contributed by atoms with E-state index in [1.807, 2.05) is 19.1 Å². The normalized spacial score (nSPS) is 12.9. The van der Waals surface area contributed by atoms with Crippen molar-refractivity contribution in [3.8, 4) is 0 Å². The van der Waals surface area contributed by atoms with Crippen molar-refractivity contribution in [2.75, 3.05) is 32.0 Å². The van der Waals surface area contributed by atoms with Gasteiger partial charge in [-0.1, -0.05) is 31.5 Å². The van der Waals surface area contributed by atoms with Crippen molar-refractivity contribution in [3.05, 3.63) is 35.6 Å². The van der Waals surface area contributed by atoms with Gasteiger partial charge in [0.1, 0.15) is 5.82 Å². The number of hydrogen-bond donors (Lipinski definition) is 3. The summed E-state index contributed by atoms with van der Waals surface area (Å²) in [7, 11) is 0. The molecule has 0 saturated carbocycles. The van der Waals surface area contributed by atoms with E-state index >= 15 is 0 Å². The quantitative estimate of drug-likeness (QED) is 0.300. The predicted octanol–water partition coefficient (Wildman–Crippen LogP) is 3.41. The molecule has 1 aromatic carbocycles. The monoisotopic (exact) mass is 369 g/mol. The van der Waals surface area contributed by atoms with Crippen molar-refractivity contribution in [1.29, 1.82) is 0 Å². The minimum Gasteiger partial charge on any atom is -0.396 e. The third-order valence-corrected chi connectivity index (χ3v) is 4.85. The van der Waals surface area contributed by atoms with Gasteiger partial charge in [-0.05, 0) is 37.3 Å². The van der Waals surface area contributed by atoms with E-state index in [1.54, 1.807) is 17.8 Å². The number of aliphatic hydroxyl groups excluding tert-OH is 1. The first-order valence-corrected chi connectivity index (χ1v) is 10.3. The van der Waals surface area contributed by atoms with Crippen LogP contribution in [-0.2, 0) is 5.75 Å². The minimum atomic E-state index is -0.135. The predicted molar refractivity (Wildman–Crippen MR) is 107 cm³/mol. The zero-order valence-electron chi connectivity index (χ0n) is 15.4. The maximum absolute atomic E-state index is 13.6. The van der Waals surface area contributed by atoms with E-state index in [0.29, 0.717) is 11.7 Å². The zero-order chi connectivity index (χ0) is 18.3. The Morgan fingerprint density at radius 2 is 2.04 bits per heavy atom. The second-order valence-corrected chi connectivity index (χ2v) is 7.06. The van der Waals surface area contributed by atoms with Crippen LogP contribution in [0.4, 0.5) is 4.39 Å². The molecular weight excluding hydrogens is 337 g/mol. The number of benzene rings is 1. The van der Waals surface area contributed by atoms with Crippen molar-refractivity contribution in [1.82, 2.24) is 10.6 Å². The molecular formula is C19H32FN3OS. The van der Waals surface area contributed by atoms with E-state index < -0.39 is 0 Å². The van der Waals surface area contributed by atoms with Gasteiger partial charge in [0.05, 0.1) is 0 Å². The van der Waals surface area contributed by atoms with Crippen LogP contribution in [0.5, 0.6) is 0 Å². The second-order valence-electron chi connectivity index (χ2n) is 5.96. The number of nitrogens with one attached hydrogen (secondary N) is 2. The summed E-state index contributed by atoms with van der Waals surface area (Å²) in [6, 6.07) is 6.92. The molecule has 0 radical (unpaired) electrons. The topological polar surface area (TPSA) is 56.7 Å². The van der Waals surface area contributed by atoms with Gasteiger partial charge in [0, 0.05) is 37.7 Å². The number of thioether (sulfide) groups is 1. The molecule has 25 heavy (non-hydrogen) atoms. The van der Waals surface area contributed by atoms with Gasteiger partial charge >= 0.3 is 0 Å². The first-order valence-electron chi connectivity index (χ1n) is 9.15. The number of hydrogen-bond acceptors (Lipinski definition) is 3. The molecule has 4 nitrogen and oxygen atoms in total. The molecule has 3 N–H and O–H groups in total. The van der Waals surface area contributed by atoms with Gasteiger partial charge in [0.25, 0.3) is 0 Å². The standard InChI is InChI=1S/C19H32FN3OS/c1-3-7-16(10-12-24)14-23-19(21-4-2)22-11-13-25-15-17-8-5-6-9-18(17)20/h5-6,8-9,16,24H,3-4,7,10-15H2,1-2H3,(H2,21,22,23). The molecule has 0 aliphatic carbocycles. The molecule has 0 heterocycles. The van der Waals surface area contributed by atoms with E-state index in [4.69, 9.17) is 5.11 Å². The minimum absolute atomic E-state index is 0.135. The molecule has 0 bridgehead atoms. The van der Waals surface area contributed by atoms with Crippen LogP contribution >= 0.6 is 11.8 Å². The van der Waals surface area contributed by atoms with Crippen molar-refractivity contribution in [2.24, 2.45) is 10.9 Å². The van der Waals surface area contributed by atoms with Crippen molar-refractivity contribution in [2.45, 2.75) is 38.9 Å². The van der Waals surface area contributed by atoms with Gasteiger partial charge in [-0.25, -0.2) is 4.39 Å². The summed E-state index contributed by atoms with van der Waals surface area (Å²) in [6.07, 6.45) is 2.99. The number of nitrogens with zero attached hydrogens (tertiary/aromatic N) is 1. The summed E-state index contributed by atoms with van der Waals surface area (Å²) in [6.45, 7) is 6.74. The molecule has 0 aliphatic rings. The Morgan fingerprint density at radius 1 is 1.24 bits per heavy atom. The van der Waals surface area contributed by atoms with Crippen LogP contribution in [0.15, 0.2) is 29.3 Å². The van der Waals surface area contributed by atoms with Crippen LogP contribution in [0, 0.1) is 11.7 Å². The Kier molecular flexibility index (Phi) is 12.2. The van der Waals surface area contributed by atoms with Crippen LogP contribution in [-0.4, -0.2) is 43.1 Å². The summed E-state index contributed by atoms with van der Waals surface area (Å²) in [4.78, 5) is 4.63. The largest absolute Gasteiger partial charge is 0.396 e. The van der Waals surface area contributed by atoms with Crippen LogP contribution in [0.25, 0.3) is 0 Å². The lowest BCUT2D eigenvalue weighted by Gasteiger charge is -2.15. The van der Waals surface area contributed by atoms with Crippen molar-refractivity contribution < 1.29 is 9.50 Å². The van der Waals surface area contributed by atoms with Gasteiger partial charge in [-0.2, -0.15) is 11.8 Å². The Bertz CT molecular complexity index is 493. The van der Waals surface area contributed by atoms with E-state index in [0.717, 1.165) is 56.2 Å². The number of guanidine groups is 1. The molecule has 0 fully saturated rings. The van der Waals surface area contributed by atoms with E-state index in [9.17, 15) is 4.39 Å².